The Kier molecular flexibility index (Phi) is 5.26. The lowest BCUT2D eigenvalue weighted by Crippen LogP contribution is -2.39. The second-order valence-electron chi connectivity index (χ2n) is 6.02. The largest absolute Gasteiger partial charge is 0.495 e. The molecule has 4 heteroatoms. The van der Waals surface area contributed by atoms with E-state index >= 15 is 0 Å². The van der Waals surface area contributed by atoms with Crippen molar-refractivity contribution in [1.82, 2.24) is 9.80 Å². The SMILES string of the molecule is COc1ccc(CN(C)C)cc1NC1CCCN(C)C1. The molecule has 20 heavy (non-hydrogen) atoms. The first-order chi connectivity index (χ1) is 9.58. The highest BCUT2D eigenvalue weighted by Gasteiger charge is 2.18. The molecule has 1 fully saturated rings. The quantitative estimate of drug-likeness (QED) is 0.893. The van der Waals surface area contributed by atoms with E-state index in [0.717, 1.165) is 24.5 Å². The van der Waals surface area contributed by atoms with Crippen LogP contribution >= 0.6 is 0 Å². The number of nitrogens with zero attached hydrogens (tertiary/aromatic N) is 2. The van der Waals surface area contributed by atoms with E-state index < -0.39 is 0 Å². The van der Waals surface area contributed by atoms with Crippen LogP contribution in [0.4, 0.5) is 5.69 Å². The number of likely N-dealkylation sites (tertiary alicyclic amines) is 1. The Morgan fingerprint density at radius 1 is 1.40 bits per heavy atom. The number of hydrogen-bond acceptors (Lipinski definition) is 4. The van der Waals surface area contributed by atoms with E-state index in [9.17, 15) is 0 Å². The Morgan fingerprint density at radius 2 is 2.20 bits per heavy atom. The molecule has 1 aliphatic rings. The highest BCUT2D eigenvalue weighted by atomic mass is 16.5. The van der Waals surface area contributed by atoms with Crippen molar-refractivity contribution < 1.29 is 4.74 Å². The summed E-state index contributed by atoms with van der Waals surface area (Å²) in [5.74, 6) is 0.931. The van der Waals surface area contributed by atoms with Crippen molar-refractivity contribution in [3.8, 4) is 5.75 Å². The molecule has 1 N–H and O–H groups in total. The maximum atomic E-state index is 5.48. The fraction of sp³-hybridized carbons (Fsp3) is 0.625. The third kappa shape index (κ3) is 4.12. The van der Waals surface area contributed by atoms with Gasteiger partial charge in [0, 0.05) is 19.1 Å². The van der Waals surface area contributed by atoms with Crippen LogP contribution in [0.5, 0.6) is 5.75 Å². The molecule has 0 aromatic heterocycles. The smallest absolute Gasteiger partial charge is 0.141 e. The molecule has 0 amide bonds. The van der Waals surface area contributed by atoms with Gasteiger partial charge in [0.25, 0.3) is 0 Å². The molecule has 0 radical (unpaired) electrons. The molecular formula is C16H27N3O. The Balaban J connectivity index is 2.11. The third-order valence-electron chi connectivity index (χ3n) is 3.75. The number of rotatable bonds is 5. The fourth-order valence-electron chi connectivity index (χ4n) is 2.84. The van der Waals surface area contributed by atoms with E-state index in [2.05, 4.69) is 54.5 Å². The first-order valence-electron chi connectivity index (χ1n) is 7.35. The zero-order chi connectivity index (χ0) is 14.5. The minimum absolute atomic E-state index is 0.511. The molecule has 2 rings (SSSR count). The molecule has 1 aromatic rings. The molecule has 1 saturated heterocycles. The summed E-state index contributed by atoms with van der Waals surface area (Å²) >= 11 is 0. The molecule has 112 valence electrons. The normalized spacial score (nSPS) is 20.1. The molecular weight excluding hydrogens is 250 g/mol. The molecule has 1 unspecified atom stereocenters. The topological polar surface area (TPSA) is 27.7 Å². The highest BCUT2D eigenvalue weighted by Crippen LogP contribution is 2.28. The summed E-state index contributed by atoms with van der Waals surface area (Å²) in [5.41, 5.74) is 2.43. The number of benzene rings is 1. The Hall–Kier alpha value is -1.26. The van der Waals surface area contributed by atoms with Crippen molar-refractivity contribution >= 4 is 5.69 Å². The molecule has 1 aliphatic heterocycles. The standard InChI is InChI=1S/C16H27N3O/c1-18(2)11-13-7-8-16(20-4)15(10-13)17-14-6-5-9-19(3)12-14/h7-8,10,14,17H,5-6,9,11-12H2,1-4H3. The monoisotopic (exact) mass is 277 g/mol. The van der Waals surface area contributed by atoms with Crippen molar-refractivity contribution in [3.05, 3.63) is 23.8 Å². The Labute approximate surface area is 122 Å². The molecule has 4 nitrogen and oxygen atoms in total. The second-order valence-corrected chi connectivity index (χ2v) is 6.02. The minimum Gasteiger partial charge on any atom is -0.495 e. The van der Waals surface area contributed by atoms with Crippen molar-refractivity contribution in [2.75, 3.05) is 46.7 Å². The number of ether oxygens (including phenoxy) is 1. The molecule has 1 heterocycles. The highest BCUT2D eigenvalue weighted by molar-refractivity contribution is 5.58. The minimum atomic E-state index is 0.511. The third-order valence-corrected chi connectivity index (χ3v) is 3.75. The number of likely N-dealkylation sites (N-methyl/N-ethyl adjacent to an activating group) is 1. The summed E-state index contributed by atoms with van der Waals surface area (Å²) in [6, 6.07) is 6.93. The first kappa shape index (κ1) is 15.1. The first-order valence-corrected chi connectivity index (χ1v) is 7.35. The number of anilines is 1. The second kappa shape index (κ2) is 6.95. The lowest BCUT2D eigenvalue weighted by molar-refractivity contribution is 0.260. The maximum absolute atomic E-state index is 5.48. The zero-order valence-corrected chi connectivity index (χ0v) is 13.1. The number of piperidine rings is 1. The van der Waals surface area contributed by atoms with Gasteiger partial charge in [0.2, 0.25) is 0 Å². The van der Waals surface area contributed by atoms with Gasteiger partial charge >= 0.3 is 0 Å². The van der Waals surface area contributed by atoms with Crippen molar-refractivity contribution in [1.29, 1.82) is 0 Å². The van der Waals surface area contributed by atoms with E-state index in [1.165, 1.54) is 24.9 Å². The predicted octanol–water partition coefficient (Wildman–Crippen LogP) is 2.26. The van der Waals surface area contributed by atoms with Crippen molar-refractivity contribution in [2.45, 2.75) is 25.4 Å². The molecule has 0 spiro atoms. The summed E-state index contributed by atoms with van der Waals surface area (Å²) in [7, 11) is 8.10. The van der Waals surface area contributed by atoms with Gasteiger partial charge in [0.1, 0.15) is 5.75 Å². The van der Waals surface area contributed by atoms with Gasteiger partial charge in [-0.05, 0) is 58.2 Å². The van der Waals surface area contributed by atoms with Crippen LogP contribution in [-0.2, 0) is 6.54 Å². The van der Waals surface area contributed by atoms with E-state index in [4.69, 9.17) is 4.74 Å². The van der Waals surface area contributed by atoms with E-state index in [0.29, 0.717) is 6.04 Å². The van der Waals surface area contributed by atoms with Gasteiger partial charge < -0.3 is 19.9 Å². The Morgan fingerprint density at radius 3 is 2.85 bits per heavy atom. The summed E-state index contributed by atoms with van der Waals surface area (Å²) in [4.78, 5) is 4.57. The molecule has 1 atom stereocenters. The maximum Gasteiger partial charge on any atom is 0.141 e. The van der Waals surface area contributed by atoms with Gasteiger partial charge in [0.15, 0.2) is 0 Å². The lowest BCUT2D eigenvalue weighted by atomic mass is 10.1. The van der Waals surface area contributed by atoms with Crippen LogP contribution in [0.15, 0.2) is 18.2 Å². The number of nitrogens with one attached hydrogen (secondary N) is 1. The predicted molar refractivity (Wildman–Crippen MR) is 84.5 cm³/mol. The van der Waals surface area contributed by atoms with Crippen LogP contribution in [-0.4, -0.2) is 57.2 Å². The van der Waals surface area contributed by atoms with Gasteiger partial charge in [-0.3, -0.25) is 0 Å². The van der Waals surface area contributed by atoms with Crippen LogP contribution in [0, 0.1) is 0 Å². The van der Waals surface area contributed by atoms with Gasteiger partial charge in [-0.15, -0.1) is 0 Å². The molecule has 1 aromatic carbocycles. The lowest BCUT2D eigenvalue weighted by Gasteiger charge is -2.31. The van der Waals surface area contributed by atoms with Crippen molar-refractivity contribution in [2.24, 2.45) is 0 Å². The zero-order valence-electron chi connectivity index (χ0n) is 13.1. The van der Waals surface area contributed by atoms with Gasteiger partial charge in [-0.1, -0.05) is 6.07 Å². The van der Waals surface area contributed by atoms with Crippen LogP contribution in [0.2, 0.25) is 0 Å². The van der Waals surface area contributed by atoms with Crippen LogP contribution in [0.3, 0.4) is 0 Å². The molecule has 0 saturated carbocycles. The average Bonchev–Trinajstić information content (AvgIpc) is 2.38. The van der Waals surface area contributed by atoms with E-state index in [1.54, 1.807) is 7.11 Å². The Bertz CT molecular complexity index is 434. The summed E-state index contributed by atoms with van der Waals surface area (Å²) in [5, 5.41) is 3.66. The number of hydrogen-bond donors (Lipinski definition) is 1. The van der Waals surface area contributed by atoms with Gasteiger partial charge in [-0.25, -0.2) is 0 Å². The van der Waals surface area contributed by atoms with Crippen LogP contribution in [0.1, 0.15) is 18.4 Å². The average molecular weight is 277 g/mol. The van der Waals surface area contributed by atoms with Crippen LogP contribution in [0.25, 0.3) is 0 Å². The summed E-state index contributed by atoms with van der Waals surface area (Å²) < 4.78 is 5.48. The van der Waals surface area contributed by atoms with E-state index in [-0.39, 0.29) is 0 Å². The summed E-state index contributed by atoms with van der Waals surface area (Å²) in [6.07, 6.45) is 2.49. The van der Waals surface area contributed by atoms with Crippen molar-refractivity contribution in [3.63, 3.8) is 0 Å². The molecule has 0 bridgehead atoms. The fourth-order valence-corrected chi connectivity index (χ4v) is 2.84. The van der Waals surface area contributed by atoms with Gasteiger partial charge in [-0.2, -0.15) is 0 Å². The van der Waals surface area contributed by atoms with Gasteiger partial charge in [0.05, 0.1) is 12.8 Å². The summed E-state index contributed by atoms with van der Waals surface area (Å²) in [6.45, 7) is 3.25. The van der Waals surface area contributed by atoms with E-state index in [1.807, 2.05) is 0 Å². The number of methoxy groups -OCH3 is 1. The van der Waals surface area contributed by atoms with Crippen LogP contribution < -0.4 is 10.1 Å². The molecule has 0 aliphatic carbocycles.